The highest BCUT2D eigenvalue weighted by Gasteiger charge is 2.16. The van der Waals surface area contributed by atoms with Gasteiger partial charge in [0.1, 0.15) is 0 Å². The van der Waals surface area contributed by atoms with Crippen LogP contribution in [0.3, 0.4) is 0 Å². The standard InChI is InChI=1S/C11H11N3/c1-2-5-14-8-13-10-6-9(7-12)3-4-11(10)14/h2-4,6,13H,1,5,8H2. The average molecular weight is 185 g/mol. The molecule has 0 amide bonds. The normalized spacial score (nSPS) is 12.9. The number of nitrogens with zero attached hydrogens (tertiary/aromatic N) is 2. The molecule has 1 aliphatic rings. The Morgan fingerprint density at radius 3 is 3.21 bits per heavy atom. The molecule has 0 fully saturated rings. The van der Waals surface area contributed by atoms with Gasteiger partial charge in [-0.25, -0.2) is 0 Å². The van der Waals surface area contributed by atoms with Crippen LogP contribution in [0.15, 0.2) is 30.9 Å². The minimum Gasteiger partial charge on any atom is -0.366 e. The maximum atomic E-state index is 8.73. The van der Waals surface area contributed by atoms with Gasteiger partial charge in [-0.15, -0.1) is 6.58 Å². The van der Waals surface area contributed by atoms with Crippen LogP contribution in [0.5, 0.6) is 0 Å². The van der Waals surface area contributed by atoms with Gasteiger partial charge in [0, 0.05) is 6.54 Å². The maximum Gasteiger partial charge on any atom is 0.0992 e. The van der Waals surface area contributed by atoms with Crippen LogP contribution in [0.4, 0.5) is 11.4 Å². The molecule has 0 unspecified atom stereocenters. The first-order chi connectivity index (χ1) is 6.85. The third kappa shape index (κ3) is 1.31. The van der Waals surface area contributed by atoms with Gasteiger partial charge in [-0.1, -0.05) is 6.08 Å². The fourth-order valence-electron chi connectivity index (χ4n) is 1.61. The summed E-state index contributed by atoms with van der Waals surface area (Å²) in [6.45, 7) is 5.32. The van der Waals surface area contributed by atoms with E-state index in [-0.39, 0.29) is 0 Å². The lowest BCUT2D eigenvalue weighted by molar-refractivity contribution is 0.960. The molecule has 0 aliphatic carbocycles. The van der Waals surface area contributed by atoms with Crippen molar-refractivity contribution in [2.24, 2.45) is 0 Å². The lowest BCUT2D eigenvalue weighted by Crippen LogP contribution is -2.22. The zero-order valence-electron chi connectivity index (χ0n) is 7.83. The van der Waals surface area contributed by atoms with Gasteiger partial charge in [0.15, 0.2) is 0 Å². The lowest BCUT2D eigenvalue weighted by Gasteiger charge is -2.14. The van der Waals surface area contributed by atoms with Gasteiger partial charge in [-0.3, -0.25) is 0 Å². The van der Waals surface area contributed by atoms with Crippen molar-refractivity contribution in [2.75, 3.05) is 23.4 Å². The van der Waals surface area contributed by atoms with Gasteiger partial charge >= 0.3 is 0 Å². The molecule has 3 heteroatoms. The molecule has 0 saturated heterocycles. The molecule has 2 rings (SSSR count). The molecule has 1 aromatic carbocycles. The number of rotatable bonds is 2. The number of hydrogen-bond donors (Lipinski definition) is 1. The first kappa shape index (κ1) is 8.64. The van der Waals surface area contributed by atoms with Crippen LogP contribution in [0.1, 0.15) is 5.56 Å². The number of nitrogens with one attached hydrogen (secondary N) is 1. The van der Waals surface area contributed by atoms with Crippen molar-refractivity contribution in [3.05, 3.63) is 36.4 Å². The van der Waals surface area contributed by atoms with E-state index in [1.165, 1.54) is 0 Å². The van der Waals surface area contributed by atoms with Gasteiger partial charge in [0.2, 0.25) is 0 Å². The van der Waals surface area contributed by atoms with Crippen LogP contribution < -0.4 is 10.2 Å². The van der Waals surface area contributed by atoms with E-state index in [0.29, 0.717) is 5.56 Å². The lowest BCUT2D eigenvalue weighted by atomic mass is 10.2. The first-order valence-electron chi connectivity index (χ1n) is 4.49. The number of nitriles is 1. The van der Waals surface area contributed by atoms with E-state index in [2.05, 4.69) is 22.9 Å². The Morgan fingerprint density at radius 1 is 1.64 bits per heavy atom. The van der Waals surface area contributed by atoms with Gasteiger partial charge in [0.05, 0.1) is 29.7 Å². The fourth-order valence-corrected chi connectivity index (χ4v) is 1.61. The molecule has 0 atom stereocenters. The van der Waals surface area contributed by atoms with Gasteiger partial charge < -0.3 is 10.2 Å². The number of anilines is 2. The van der Waals surface area contributed by atoms with E-state index in [1.54, 1.807) is 0 Å². The summed E-state index contributed by atoms with van der Waals surface area (Å²) in [5.74, 6) is 0. The van der Waals surface area contributed by atoms with E-state index < -0.39 is 0 Å². The smallest absolute Gasteiger partial charge is 0.0992 e. The average Bonchev–Trinajstić information content (AvgIpc) is 2.61. The van der Waals surface area contributed by atoms with Gasteiger partial charge in [0.25, 0.3) is 0 Å². The van der Waals surface area contributed by atoms with Crippen molar-refractivity contribution in [3.63, 3.8) is 0 Å². The Labute approximate surface area is 83.3 Å². The van der Waals surface area contributed by atoms with Crippen LogP contribution in [-0.4, -0.2) is 13.2 Å². The molecule has 1 heterocycles. The van der Waals surface area contributed by atoms with Crippen LogP contribution >= 0.6 is 0 Å². The Bertz CT molecular complexity index is 403. The Balaban J connectivity index is 2.34. The zero-order valence-corrected chi connectivity index (χ0v) is 7.83. The Kier molecular flexibility index (Phi) is 2.11. The third-order valence-electron chi connectivity index (χ3n) is 2.28. The molecular weight excluding hydrogens is 174 g/mol. The predicted molar refractivity (Wildman–Crippen MR) is 57.2 cm³/mol. The summed E-state index contributed by atoms with van der Waals surface area (Å²) in [6.07, 6.45) is 1.87. The Morgan fingerprint density at radius 2 is 2.50 bits per heavy atom. The zero-order chi connectivity index (χ0) is 9.97. The molecule has 14 heavy (non-hydrogen) atoms. The van der Waals surface area contributed by atoms with Crippen molar-refractivity contribution in [2.45, 2.75) is 0 Å². The van der Waals surface area contributed by atoms with Crippen LogP contribution in [0.2, 0.25) is 0 Å². The molecule has 1 aliphatic heterocycles. The largest absolute Gasteiger partial charge is 0.366 e. The monoisotopic (exact) mass is 185 g/mol. The first-order valence-corrected chi connectivity index (χ1v) is 4.49. The van der Waals surface area contributed by atoms with E-state index in [1.807, 2.05) is 24.3 Å². The molecule has 1 aromatic rings. The van der Waals surface area contributed by atoms with E-state index in [9.17, 15) is 0 Å². The second kappa shape index (κ2) is 3.43. The SMILES string of the molecule is C=CCN1CNc2cc(C#N)ccc21. The van der Waals surface area contributed by atoms with Crippen molar-refractivity contribution in [3.8, 4) is 6.07 Å². The second-order valence-electron chi connectivity index (χ2n) is 3.19. The molecular formula is C11H11N3. The molecule has 1 N–H and O–H groups in total. The van der Waals surface area contributed by atoms with E-state index >= 15 is 0 Å². The summed E-state index contributed by atoms with van der Waals surface area (Å²) in [6, 6.07) is 7.80. The van der Waals surface area contributed by atoms with Crippen LogP contribution in [-0.2, 0) is 0 Å². The highest BCUT2D eigenvalue weighted by atomic mass is 15.3. The van der Waals surface area contributed by atoms with Crippen molar-refractivity contribution >= 4 is 11.4 Å². The predicted octanol–water partition coefficient (Wildman–Crippen LogP) is 1.93. The minimum absolute atomic E-state index is 0.691. The maximum absolute atomic E-state index is 8.73. The number of benzene rings is 1. The number of fused-ring (bicyclic) bond motifs is 1. The highest BCUT2D eigenvalue weighted by molar-refractivity contribution is 5.76. The van der Waals surface area contributed by atoms with E-state index in [0.717, 1.165) is 24.6 Å². The van der Waals surface area contributed by atoms with Gasteiger partial charge in [-0.05, 0) is 18.2 Å². The fraction of sp³-hybridized carbons (Fsp3) is 0.182. The summed E-state index contributed by atoms with van der Waals surface area (Å²) in [7, 11) is 0. The summed E-state index contributed by atoms with van der Waals surface area (Å²) in [5.41, 5.74) is 2.87. The molecule has 3 nitrogen and oxygen atoms in total. The summed E-state index contributed by atoms with van der Waals surface area (Å²) >= 11 is 0. The summed E-state index contributed by atoms with van der Waals surface area (Å²) in [5, 5.41) is 12.0. The van der Waals surface area contributed by atoms with Crippen LogP contribution in [0, 0.1) is 11.3 Å². The highest BCUT2D eigenvalue weighted by Crippen LogP contribution is 2.31. The van der Waals surface area contributed by atoms with Crippen LogP contribution in [0.25, 0.3) is 0 Å². The molecule has 0 radical (unpaired) electrons. The third-order valence-corrected chi connectivity index (χ3v) is 2.28. The second-order valence-corrected chi connectivity index (χ2v) is 3.19. The molecule has 0 bridgehead atoms. The minimum atomic E-state index is 0.691. The van der Waals surface area contributed by atoms with Crippen molar-refractivity contribution in [1.29, 1.82) is 5.26 Å². The summed E-state index contributed by atoms with van der Waals surface area (Å²) in [4.78, 5) is 2.17. The summed E-state index contributed by atoms with van der Waals surface area (Å²) < 4.78 is 0. The van der Waals surface area contributed by atoms with Crippen molar-refractivity contribution < 1.29 is 0 Å². The molecule has 0 saturated carbocycles. The van der Waals surface area contributed by atoms with Gasteiger partial charge in [-0.2, -0.15) is 5.26 Å². The van der Waals surface area contributed by atoms with Crippen molar-refractivity contribution in [1.82, 2.24) is 0 Å². The Hall–Kier alpha value is -1.95. The molecule has 70 valence electrons. The quantitative estimate of drug-likeness (QED) is 0.715. The number of hydrogen-bond acceptors (Lipinski definition) is 3. The topological polar surface area (TPSA) is 39.1 Å². The molecule has 0 aromatic heterocycles. The molecule has 0 spiro atoms. The van der Waals surface area contributed by atoms with E-state index in [4.69, 9.17) is 5.26 Å².